The van der Waals surface area contributed by atoms with Crippen molar-refractivity contribution in [2.45, 2.75) is 26.2 Å². The molecule has 1 rings (SSSR count). The Hall–Kier alpha value is -1.75. The third-order valence-corrected chi connectivity index (χ3v) is 2.15. The molecule has 0 aliphatic carbocycles. The van der Waals surface area contributed by atoms with Gasteiger partial charge in [-0.25, -0.2) is 0 Å². The average molecular weight is 216 g/mol. The third-order valence-electron chi connectivity index (χ3n) is 2.15. The number of carbonyl (C=O) groups excluding carboxylic acids is 1. The van der Waals surface area contributed by atoms with E-state index in [-0.39, 0.29) is 0 Å². The van der Waals surface area contributed by atoms with Crippen molar-refractivity contribution in [2.75, 3.05) is 6.61 Å². The molecule has 0 amide bonds. The van der Waals surface area contributed by atoms with Crippen LogP contribution in [0.5, 0.6) is 5.75 Å². The van der Waals surface area contributed by atoms with E-state index in [0.29, 0.717) is 6.29 Å². The van der Waals surface area contributed by atoms with Gasteiger partial charge >= 0.3 is 0 Å². The van der Waals surface area contributed by atoms with Gasteiger partial charge in [-0.15, -0.1) is 0 Å². The summed E-state index contributed by atoms with van der Waals surface area (Å²) in [6, 6.07) is 7.46. The topological polar surface area (TPSA) is 26.3 Å². The van der Waals surface area contributed by atoms with Gasteiger partial charge in [-0.1, -0.05) is 25.7 Å². The molecule has 84 valence electrons. The summed E-state index contributed by atoms with van der Waals surface area (Å²) in [5.41, 5.74) is 0.827. The summed E-state index contributed by atoms with van der Waals surface area (Å²) in [5.74, 6) is 5.95. The molecule has 0 aliphatic heterocycles. The van der Waals surface area contributed by atoms with Gasteiger partial charge in [0.15, 0.2) is 6.29 Å². The summed E-state index contributed by atoms with van der Waals surface area (Å²) in [5, 5.41) is 0. The average Bonchev–Trinajstić information content (AvgIpc) is 2.33. The largest absolute Gasteiger partial charge is 0.494 e. The van der Waals surface area contributed by atoms with Crippen LogP contribution in [0.25, 0.3) is 0 Å². The maximum Gasteiger partial charge on any atom is 0.193 e. The van der Waals surface area contributed by atoms with Gasteiger partial charge in [0, 0.05) is 5.56 Å². The van der Waals surface area contributed by atoms with Crippen LogP contribution < -0.4 is 4.74 Å². The fourth-order valence-corrected chi connectivity index (χ4v) is 1.29. The molecule has 2 nitrogen and oxygen atoms in total. The maximum absolute atomic E-state index is 10.0. The lowest BCUT2D eigenvalue weighted by Gasteiger charge is -2.05. The predicted molar refractivity (Wildman–Crippen MR) is 64.4 cm³/mol. The van der Waals surface area contributed by atoms with E-state index in [1.165, 1.54) is 12.8 Å². The summed E-state index contributed by atoms with van der Waals surface area (Å²) in [6.07, 6.45) is 4.07. The Morgan fingerprint density at radius 3 is 2.62 bits per heavy atom. The minimum atomic E-state index is 0.592. The van der Waals surface area contributed by atoms with Gasteiger partial charge in [0.2, 0.25) is 0 Å². The second-order valence-electron chi connectivity index (χ2n) is 3.47. The van der Waals surface area contributed by atoms with E-state index in [1.54, 1.807) is 0 Å². The first-order valence-corrected chi connectivity index (χ1v) is 5.55. The highest BCUT2D eigenvalue weighted by Crippen LogP contribution is 2.12. The summed E-state index contributed by atoms with van der Waals surface area (Å²) in [4.78, 5) is 10.0. The van der Waals surface area contributed by atoms with Gasteiger partial charge in [-0.3, -0.25) is 4.79 Å². The van der Waals surface area contributed by atoms with Crippen LogP contribution in [-0.2, 0) is 4.79 Å². The highest BCUT2D eigenvalue weighted by Gasteiger charge is 1.93. The number of aldehydes is 1. The number of ether oxygens (including phenoxy) is 1. The molecule has 1 aromatic carbocycles. The molecular weight excluding hydrogens is 200 g/mol. The van der Waals surface area contributed by atoms with E-state index in [9.17, 15) is 4.79 Å². The molecule has 2 heteroatoms. The Morgan fingerprint density at radius 1 is 1.25 bits per heavy atom. The molecule has 0 radical (unpaired) electrons. The molecule has 0 saturated heterocycles. The van der Waals surface area contributed by atoms with Gasteiger partial charge in [-0.2, -0.15) is 0 Å². The first-order chi connectivity index (χ1) is 7.86. The van der Waals surface area contributed by atoms with E-state index in [1.807, 2.05) is 24.3 Å². The molecule has 0 N–H and O–H groups in total. The lowest BCUT2D eigenvalue weighted by Crippen LogP contribution is -1.96. The zero-order chi connectivity index (χ0) is 11.6. The molecule has 0 fully saturated rings. The van der Waals surface area contributed by atoms with Gasteiger partial charge in [0.25, 0.3) is 0 Å². The monoisotopic (exact) mass is 216 g/mol. The number of benzene rings is 1. The second kappa shape index (κ2) is 7.53. The van der Waals surface area contributed by atoms with Crippen molar-refractivity contribution < 1.29 is 9.53 Å². The molecule has 0 bridgehead atoms. The standard InChI is InChI=1S/C14H16O2/c1-2-3-4-12-16-14-9-7-13(8-10-14)6-5-11-15/h7-11H,2-4,12H2,1H3. The van der Waals surface area contributed by atoms with Crippen LogP contribution in [0, 0.1) is 11.8 Å². The Labute approximate surface area is 96.6 Å². The van der Waals surface area contributed by atoms with E-state index >= 15 is 0 Å². The Morgan fingerprint density at radius 2 is 2.00 bits per heavy atom. The Balaban J connectivity index is 2.42. The zero-order valence-electron chi connectivity index (χ0n) is 9.53. The van der Waals surface area contributed by atoms with Crippen molar-refractivity contribution >= 4 is 6.29 Å². The minimum absolute atomic E-state index is 0.592. The van der Waals surface area contributed by atoms with Crippen molar-refractivity contribution in [3.63, 3.8) is 0 Å². The molecule has 0 spiro atoms. The SMILES string of the molecule is CCCCCOc1ccc(C#CC=O)cc1. The fraction of sp³-hybridized carbons (Fsp3) is 0.357. The third kappa shape index (κ3) is 4.65. The molecule has 0 heterocycles. The highest BCUT2D eigenvalue weighted by atomic mass is 16.5. The van der Waals surface area contributed by atoms with Gasteiger partial charge < -0.3 is 4.74 Å². The summed E-state index contributed by atoms with van der Waals surface area (Å²) < 4.78 is 5.55. The van der Waals surface area contributed by atoms with Crippen molar-refractivity contribution in [1.82, 2.24) is 0 Å². The molecule has 0 unspecified atom stereocenters. The zero-order valence-corrected chi connectivity index (χ0v) is 9.53. The van der Waals surface area contributed by atoms with Crippen LogP contribution in [0.2, 0.25) is 0 Å². The van der Waals surface area contributed by atoms with Crippen LogP contribution in [0.15, 0.2) is 24.3 Å². The van der Waals surface area contributed by atoms with Crippen molar-refractivity contribution in [2.24, 2.45) is 0 Å². The minimum Gasteiger partial charge on any atom is -0.494 e. The predicted octanol–water partition coefficient (Wildman–Crippen LogP) is 2.81. The number of unbranched alkanes of at least 4 members (excludes halogenated alkanes) is 2. The van der Waals surface area contributed by atoms with Gasteiger partial charge in [0.1, 0.15) is 5.75 Å². The molecule has 0 aliphatic rings. The number of rotatable bonds is 5. The molecule has 1 aromatic rings. The van der Waals surface area contributed by atoms with Crippen LogP contribution in [-0.4, -0.2) is 12.9 Å². The van der Waals surface area contributed by atoms with E-state index in [2.05, 4.69) is 18.8 Å². The van der Waals surface area contributed by atoms with E-state index in [4.69, 9.17) is 4.74 Å². The normalized spacial score (nSPS) is 9.06. The quantitative estimate of drug-likeness (QED) is 0.430. The van der Waals surface area contributed by atoms with Gasteiger partial charge in [-0.05, 0) is 36.6 Å². The summed E-state index contributed by atoms with van der Waals surface area (Å²) >= 11 is 0. The molecule has 0 aromatic heterocycles. The van der Waals surface area contributed by atoms with Gasteiger partial charge in [0.05, 0.1) is 6.61 Å². The molecule has 16 heavy (non-hydrogen) atoms. The summed E-state index contributed by atoms with van der Waals surface area (Å²) in [6.45, 7) is 2.92. The fourth-order valence-electron chi connectivity index (χ4n) is 1.29. The number of carbonyl (C=O) groups is 1. The van der Waals surface area contributed by atoms with Crippen molar-refractivity contribution in [1.29, 1.82) is 0 Å². The van der Waals surface area contributed by atoms with E-state index in [0.717, 1.165) is 24.3 Å². The highest BCUT2D eigenvalue weighted by molar-refractivity contribution is 5.73. The summed E-state index contributed by atoms with van der Waals surface area (Å²) in [7, 11) is 0. The lowest BCUT2D eigenvalue weighted by atomic mass is 10.2. The van der Waals surface area contributed by atoms with Crippen LogP contribution in [0.1, 0.15) is 31.7 Å². The molecule has 0 atom stereocenters. The first kappa shape index (κ1) is 12.3. The Kier molecular flexibility index (Phi) is 5.80. The molecular formula is C14H16O2. The Bertz CT molecular complexity index is 368. The van der Waals surface area contributed by atoms with Crippen LogP contribution >= 0.6 is 0 Å². The van der Waals surface area contributed by atoms with Crippen LogP contribution in [0.4, 0.5) is 0 Å². The van der Waals surface area contributed by atoms with Crippen molar-refractivity contribution in [3.8, 4) is 17.6 Å². The smallest absolute Gasteiger partial charge is 0.193 e. The van der Waals surface area contributed by atoms with E-state index < -0.39 is 0 Å². The maximum atomic E-state index is 10.0. The number of hydrogen-bond acceptors (Lipinski definition) is 2. The lowest BCUT2D eigenvalue weighted by molar-refractivity contribution is -0.103. The van der Waals surface area contributed by atoms with Crippen LogP contribution in [0.3, 0.4) is 0 Å². The van der Waals surface area contributed by atoms with Crippen molar-refractivity contribution in [3.05, 3.63) is 29.8 Å². The molecule has 0 saturated carbocycles. The second-order valence-corrected chi connectivity index (χ2v) is 3.47. The first-order valence-electron chi connectivity index (χ1n) is 5.55. The number of hydrogen-bond donors (Lipinski definition) is 0.